The SMILES string of the molecule is C1CNC[C@@H](CCN2CCCC2)C1. The van der Waals surface area contributed by atoms with Crippen molar-refractivity contribution in [3.05, 3.63) is 0 Å². The van der Waals surface area contributed by atoms with Crippen LogP contribution in [0, 0.1) is 5.92 Å². The van der Waals surface area contributed by atoms with Crippen LogP contribution in [0.4, 0.5) is 0 Å². The Balaban J connectivity index is 1.60. The van der Waals surface area contributed by atoms with Gasteiger partial charge >= 0.3 is 0 Å². The zero-order valence-corrected chi connectivity index (χ0v) is 8.60. The zero-order chi connectivity index (χ0) is 8.93. The molecule has 0 saturated carbocycles. The Labute approximate surface area is 81.7 Å². The van der Waals surface area contributed by atoms with Crippen LogP contribution in [0.15, 0.2) is 0 Å². The maximum atomic E-state index is 3.49. The van der Waals surface area contributed by atoms with Gasteiger partial charge in [0.1, 0.15) is 0 Å². The van der Waals surface area contributed by atoms with Crippen LogP contribution in [0.3, 0.4) is 0 Å². The van der Waals surface area contributed by atoms with Gasteiger partial charge in [0.15, 0.2) is 0 Å². The maximum Gasteiger partial charge on any atom is -0.00156 e. The monoisotopic (exact) mass is 182 g/mol. The topological polar surface area (TPSA) is 15.3 Å². The first-order chi connectivity index (χ1) is 6.45. The molecule has 2 aliphatic rings. The molecule has 0 radical (unpaired) electrons. The summed E-state index contributed by atoms with van der Waals surface area (Å²) in [5.74, 6) is 0.967. The van der Waals surface area contributed by atoms with Gasteiger partial charge in [-0.15, -0.1) is 0 Å². The molecule has 2 heteroatoms. The molecule has 0 amide bonds. The van der Waals surface area contributed by atoms with E-state index in [1.54, 1.807) is 0 Å². The summed E-state index contributed by atoms with van der Waals surface area (Å²) >= 11 is 0. The van der Waals surface area contributed by atoms with Crippen molar-refractivity contribution in [2.75, 3.05) is 32.7 Å². The number of rotatable bonds is 3. The lowest BCUT2D eigenvalue weighted by Gasteiger charge is -2.24. The van der Waals surface area contributed by atoms with E-state index < -0.39 is 0 Å². The fraction of sp³-hybridized carbons (Fsp3) is 1.00. The molecule has 2 nitrogen and oxygen atoms in total. The van der Waals surface area contributed by atoms with Gasteiger partial charge in [-0.05, 0) is 70.7 Å². The number of nitrogens with one attached hydrogen (secondary N) is 1. The van der Waals surface area contributed by atoms with E-state index in [0.717, 1.165) is 5.92 Å². The molecule has 0 aliphatic carbocycles. The van der Waals surface area contributed by atoms with Gasteiger partial charge in [-0.3, -0.25) is 0 Å². The molecule has 2 heterocycles. The molecule has 2 rings (SSSR count). The largest absolute Gasteiger partial charge is 0.316 e. The lowest BCUT2D eigenvalue weighted by Crippen LogP contribution is -2.32. The molecule has 2 saturated heterocycles. The van der Waals surface area contributed by atoms with E-state index >= 15 is 0 Å². The summed E-state index contributed by atoms with van der Waals surface area (Å²) in [7, 11) is 0. The van der Waals surface area contributed by atoms with Crippen molar-refractivity contribution < 1.29 is 0 Å². The first kappa shape index (κ1) is 9.47. The first-order valence-corrected chi connectivity index (χ1v) is 5.88. The minimum Gasteiger partial charge on any atom is -0.316 e. The van der Waals surface area contributed by atoms with Crippen molar-refractivity contribution in [3.8, 4) is 0 Å². The summed E-state index contributed by atoms with van der Waals surface area (Å²) in [5, 5.41) is 3.49. The summed E-state index contributed by atoms with van der Waals surface area (Å²) in [6.45, 7) is 6.60. The van der Waals surface area contributed by atoms with Gasteiger partial charge in [0, 0.05) is 0 Å². The standard InChI is InChI=1S/C11H22N2/c1-2-8-13(7-1)9-5-11-4-3-6-12-10-11/h11-12H,1-10H2/t11-/m1/s1. The van der Waals surface area contributed by atoms with E-state index in [9.17, 15) is 0 Å². The van der Waals surface area contributed by atoms with Gasteiger partial charge in [0.05, 0.1) is 0 Å². The van der Waals surface area contributed by atoms with Crippen molar-refractivity contribution in [2.24, 2.45) is 5.92 Å². The fourth-order valence-electron chi connectivity index (χ4n) is 2.54. The summed E-state index contributed by atoms with van der Waals surface area (Å²) in [5.41, 5.74) is 0. The Morgan fingerprint density at radius 2 is 2.00 bits per heavy atom. The molecule has 1 N–H and O–H groups in total. The van der Waals surface area contributed by atoms with Crippen LogP contribution in [0.5, 0.6) is 0 Å². The van der Waals surface area contributed by atoms with E-state index in [2.05, 4.69) is 10.2 Å². The van der Waals surface area contributed by atoms with Crippen molar-refractivity contribution >= 4 is 0 Å². The highest BCUT2D eigenvalue weighted by molar-refractivity contribution is 4.72. The normalized spacial score (nSPS) is 30.9. The molecule has 0 aromatic rings. The lowest BCUT2D eigenvalue weighted by atomic mass is 9.96. The number of hydrogen-bond acceptors (Lipinski definition) is 2. The van der Waals surface area contributed by atoms with Gasteiger partial charge < -0.3 is 10.2 Å². The highest BCUT2D eigenvalue weighted by Crippen LogP contribution is 2.16. The molecule has 0 spiro atoms. The Morgan fingerprint density at radius 1 is 1.15 bits per heavy atom. The predicted octanol–water partition coefficient (Wildman–Crippen LogP) is 1.47. The first-order valence-electron chi connectivity index (χ1n) is 5.88. The van der Waals surface area contributed by atoms with Crippen LogP contribution in [-0.4, -0.2) is 37.6 Å². The lowest BCUT2D eigenvalue weighted by molar-refractivity contribution is 0.274. The molecular formula is C11H22N2. The molecule has 2 aliphatic heterocycles. The van der Waals surface area contributed by atoms with Crippen molar-refractivity contribution in [3.63, 3.8) is 0 Å². The highest BCUT2D eigenvalue weighted by atomic mass is 15.1. The number of nitrogens with zero attached hydrogens (tertiary/aromatic N) is 1. The Kier molecular flexibility index (Phi) is 3.62. The van der Waals surface area contributed by atoms with E-state index in [4.69, 9.17) is 0 Å². The Morgan fingerprint density at radius 3 is 2.69 bits per heavy atom. The average Bonchev–Trinajstić information content (AvgIpc) is 2.69. The van der Waals surface area contributed by atoms with Gasteiger partial charge in [-0.1, -0.05) is 0 Å². The summed E-state index contributed by atoms with van der Waals surface area (Å²) in [4.78, 5) is 2.63. The average molecular weight is 182 g/mol. The molecule has 76 valence electrons. The van der Waals surface area contributed by atoms with E-state index in [1.165, 1.54) is 64.8 Å². The fourth-order valence-corrected chi connectivity index (χ4v) is 2.54. The van der Waals surface area contributed by atoms with E-state index in [-0.39, 0.29) is 0 Å². The second-order valence-corrected chi connectivity index (χ2v) is 4.55. The van der Waals surface area contributed by atoms with Crippen LogP contribution in [0.1, 0.15) is 32.1 Å². The molecule has 13 heavy (non-hydrogen) atoms. The van der Waals surface area contributed by atoms with Crippen LogP contribution in [-0.2, 0) is 0 Å². The van der Waals surface area contributed by atoms with Crippen molar-refractivity contribution in [1.82, 2.24) is 10.2 Å². The molecule has 0 unspecified atom stereocenters. The van der Waals surface area contributed by atoms with Crippen LogP contribution >= 0.6 is 0 Å². The van der Waals surface area contributed by atoms with E-state index in [0.29, 0.717) is 0 Å². The van der Waals surface area contributed by atoms with Gasteiger partial charge in [-0.2, -0.15) is 0 Å². The third-order valence-corrected chi connectivity index (χ3v) is 3.45. The number of hydrogen-bond donors (Lipinski definition) is 1. The van der Waals surface area contributed by atoms with Gasteiger partial charge in [0.25, 0.3) is 0 Å². The summed E-state index contributed by atoms with van der Waals surface area (Å²) in [6, 6.07) is 0. The molecular weight excluding hydrogens is 160 g/mol. The molecule has 0 aromatic heterocycles. The third-order valence-electron chi connectivity index (χ3n) is 3.45. The van der Waals surface area contributed by atoms with E-state index in [1.807, 2.05) is 0 Å². The molecule has 1 atom stereocenters. The van der Waals surface area contributed by atoms with Crippen molar-refractivity contribution in [2.45, 2.75) is 32.1 Å². The van der Waals surface area contributed by atoms with Crippen molar-refractivity contribution in [1.29, 1.82) is 0 Å². The maximum absolute atomic E-state index is 3.49. The molecule has 0 bridgehead atoms. The molecule has 2 fully saturated rings. The Bertz CT molecular complexity index is 135. The quantitative estimate of drug-likeness (QED) is 0.711. The second-order valence-electron chi connectivity index (χ2n) is 4.55. The zero-order valence-electron chi connectivity index (χ0n) is 8.60. The third kappa shape index (κ3) is 2.96. The number of likely N-dealkylation sites (tertiary alicyclic amines) is 1. The number of piperidine rings is 1. The van der Waals surface area contributed by atoms with Gasteiger partial charge in [0.2, 0.25) is 0 Å². The summed E-state index contributed by atoms with van der Waals surface area (Å²) < 4.78 is 0. The minimum atomic E-state index is 0.967. The van der Waals surface area contributed by atoms with Crippen LogP contribution < -0.4 is 5.32 Å². The predicted molar refractivity (Wildman–Crippen MR) is 55.9 cm³/mol. The van der Waals surface area contributed by atoms with Gasteiger partial charge in [-0.25, -0.2) is 0 Å². The Hall–Kier alpha value is -0.0800. The van der Waals surface area contributed by atoms with Crippen LogP contribution in [0.2, 0.25) is 0 Å². The second kappa shape index (κ2) is 4.97. The van der Waals surface area contributed by atoms with Crippen LogP contribution in [0.25, 0.3) is 0 Å². The summed E-state index contributed by atoms with van der Waals surface area (Å²) in [6.07, 6.45) is 7.14. The minimum absolute atomic E-state index is 0.967. The smallest absolute Gasteiger partial charge is 0.00156 e. The molecule has 0 aromatic carbocycles. The highest BCUT2D eigenvalue weighted by Gasteiger charge is 2.16.